The maximum Gasteiger partial charge on any atom is 0.407 e. The van der Waals surface area contributed by atoms with Crippen molar-refractivity contribution in [1.82, 2.24) is 10.5 Å². The van der Waals surface area contributed by atoms with Crippen LogP contribution in [0.1, 0.15) is 27.7 Å². The lowest BCUT2D eigenvalue weighted by Gasteiger charge is -2.16. The van der Waals surface area contributed by atoms with Crippen LogP contribution in [0.4, 0.5) is 4.79 Å². The van der Waals surface area contributed by atoms with Crippen molar-refractivity contribution in [3.05, 3.63) is 53.9 Å². The summed E-state index contributed by atoms with van der Waals surface area (Å²) in [6.07, 6.45) is 1.59. The van der Waals surface area contributed by atoms with Gasteiger partial charge in [0, 0.05) is 11.6 Å². The summed E-state index contributed by atoms with van der Waals surface area (Å²) in [6.45, 7) is 0.299. The maximum atomic E-state index is 12.4. The standard InChI is InChI=1S/C15H14N2O4S/c18-14(10-4-2-1-3-5-10)22-13(12-6-7-21-17-12)8-11-9-20-15(19)16-11/h1-7,11,13H,8-9H2,(H,16,19). The van der Waals surface area contributed by atoms with E-state index < -0.39 is 6.09 Å². The van der Waals surface area contributed by atoms with E-state index in [1.165, 1.54) is 18.0 Å². The third-order valence-electron chi connectivity index (χ3n) is 3.28. The van der Waals surface area contributed by atoms with Gasteiger partial charge in [-0.1, -0.05) is 47.3 Å². The number of rotatable bonds is 5. The first kappa shape index (κ1) is 14.6. The lowest BCUT2D eigenvalue weighted by Crippen LogP contribution is -2.27. The molecule has 0 bridgehead atoms. The zero-order valence-electron chi connectivity index (χ0n) is 11.6. The van der Waals surface area contributed by atoms with Gasteiger partial charge in [0.05, 0.1) is 17.0 Å². The van der Waals surface area contributed by atoms with Crippen molar-refractivity contribution >= 4 is 23.0 Å². The Balaban J connectivity index is 1.71. The molecule has 0 saturated carbocycles. The van der Waals surface area contributed by atoms with Crippen LogP contribution in [0.15, 0.2) is 47.2 Å². The first-order chi connectivity index (χ1) is 10.7. The highest BCUT2D eigenvalue weighted by Crippen LogP contribution is 2.35. The molecule has 2 atom stereocenters. The normalized spacial score (nSPS) is 18.5. The van der Waals surface area contributed by atoms with E-state index in [1.807, 2.05) is 18.2 Å². The SMILES string of the molecule is O=C1NC(CC(SC(=O)c2ccccc2)c2ccon2)CO1. The minimum absolute atomic E-state index is 0.0427. The first-order valence-electron chi connectivity index (χ1n) is 6.82. The highest BCUT2D eigenvalue weighted by Gasteiger charge is 2.29. The maximum absolute atomic E-state index is 12.4. The van der Waals surface area contributed by atoms with Crippen molar-refractivity contribution < 1.29 is 18.8 Å². The summed E-state index contributed by atoms with van der Waals surface area (Å²) in [6, 6.07) is 10.7. The van der Waals surface area contributed by atoms with Crippen molar-refractivity contribution in [3.63, 3.8) is 0 Å². The van der Waals surface area contributed by atoms with E-state index in [0.717, 1.165) is 0 Å². The number of thioether (sulfide) groups is 1. The molecule has 1 aliphatic heterocycles. The lowest BCUT2D eigenvalue weighted by molar-refractivity contribution is 0.108. The van der Waals surface area contributed by atoms with Gasteiger partial charge in [-0.15, -0.1) is 0 Å². The number of aromatic nitrogens is 1. The zero-order chi connectivity index (χ0) is 15.4. The number of ether oxygens (including phenoxy) is 1. The number of nitrogens with zero attached hydrogens (tertiary/aromatic N) is 1. The van der Waals surface area contributed by atoms with E-state index in [1.54, 1.807) is 18.2 Å². The molecule has 2 heterocycles. The van der Waals surface area contributed by atoms with Crippen LogP contribution in [0.2, 0.25) is 0 Å². The topological polar surface area (TPSA) is 81.4 Å². The summed E-state index contributed by atoms with van der Waals surface area (Å²) in [4.78, 5) is 23.5. The Labute approximate surface area is 131 Å². The quantitative estimate of drug-likeness (QED) is 0.913. The van der Waals surface area contributed by atoms with Gasteiger partial charge in [0.15, 0.2) is 0 Å². The molecule has 7 heteroatoms. The van der Waals surface area contributed by atoms with Gasteiger partial charge in [-0.2, -0.15) is 0 Å². The molecule has 22 heavy (non-hydrogen) atoms. The second-order valence-corrected chi connectivity index (χ2v) is 6.04. The number of nitrogens with one attached hydrogen (secondary N) is 1. The Kier molecular flexibility index (Phi) is 4.43. The molecule has 1 N–H and O–H groups in total. The largest absolute Gasteiger partial charge is 0.447 e. The van der Waals surface area contributed by atoms with Crippen molar-refractivity contribution in [2.75, 3.05) is 6.61 Å². The van der Waals surface area contributed by atoms with Crippen LogP contribution in [0.3, 0.4) is 0 Å². The predicted molar refractivity (Wildman–Crippen MR) is 80.5 cm³/mol. The van der Waals surface area contributed by atoms with E-state index in [0.29, 0.717) is 24.3 Å². The Morgan fingerprint density at radius 2 is 2.18 bits per heavy atom. The lowest BCUT2D eigenvalue weighted by atomic mass is 10.1. The average Bonchev–Trinajstić information content (AvgIpc) is 3.19. The molecule has 114 valence electrons. The number of hydrogen-bond donors (Lipinski definition) is 1. The van der Waals surface area contributed by atoms with E-state index >= 15 is 0 Å². The number of cyclic esters (lactones) is 1. The van der Waals surface area contributed by atoms with Crippen LogP contribution in [0.5, 0.6) is 0 Å². The van der Waals surface area contributed by atoms with Gasteiger partial charge in [-0.3, -0.25) is 4.79 Å². The summed E-state index contributed by atoms with van der Waals surface area (Å²) in [5.74, 6) is 0. The van der Waals surface area contributed by atoms with Crippen molar-refractivity contribution in [3.8, 4) is 0 Å². The Morgan fingerprint density at radius 1 is 1.36 bits per heavy atom. The molecular formula is C15H14N2O4S. The monoisotopic (exact) mass is 318 g/mol. The van der Waals surface area contributed by atoms with Crippen molar-refractivity contribution in [1.29, 1.82) is 0 Å². The van der Waals surface area contributed by atoms with Gasteiger partial charge in [0.25, 0.3) is 0 Å². The molecule has 3 rings (SSSR count). The van der Waals surface area contributed by atoms with E-state index in [2.05, 4.69) is 10.5 Å². The molecule has 1 aromatic heterocycles. The summed E-state index contributed by atoms with van der Waals surface area (Å²) in [7, 11) is 0. The van der Waals surface area contributed by atoms with Crippen molar-refractivity contribution in [2.45, 2.75) is 17.7 Å². The Hall–Kier alpha value is -2.28. The molecule has 0 radical (unpaired) electrons. The fourth-order valence-corrected chi connectivity index (χ4v) is 3.30. The molecule has 1 saturated heterocycles. The highest BCUT2D eigenvalue weighted by atomic mass is 32.2. The van der Waals surface area contributed by atoms with Gasteiger partial charge in [0.2, 0.25) is 5.12 Å². The third kappa shape index (κ3) is 3.48. The van der Waals surface area contributed by atoms with Gasteiger partial charge in [-0.25, -0.2) is 4.79 Å². The van der Waals surface area contributed by atoms with Crippen LogP contribution in [-0.4, -0.2) is 29.0 Å². The number of benzene rings is 1. The number of alkyl carbamates (subject to hydrolysis) is 1. The summed E-state index contributed by atoms with van der Waals surface area (Å²) in [5, 5.41) is 6.39. The minimum atomic E-state index is -0.428. The number of carbonyl (C=O) groups is 2. The molecule has 2 unspecified atom stereocenters. The van der Waals surface area contributed by atoms with Crippen LogP contribution in [-0.2, 0) is 4.74 Å². The zero-order valence-corrected chi connectivity index (χ0v) is 12.4. The smallest absolute Gasteiger partial charge is 0.407 e. The summed E-state index contributed by atoms with van der Waals surface area (Å²) in [5.41, 5.74) is 1.31. The highest BCUT2D eigenvalue weighted by molar-refractivity contribution is 8.14. The molecule has 1 amide bonds. The number of amides is 1. The molecule has 1 aromatic carbocycles. The predicted octanol–water partition coefficient (Wildman–Crippen LogP) is 2.79. The molecule has 2 aromatic rings. The van der Waals surface area contributed by atoms with Crippen LogP contribution in [0, 0.1) is 0 Å². The fourth-order valence-electron chi connectivity index (χ4n) is 2.20. The fraction of sp³-hybridized carbons (Fsp3) is 0.267. The number of hydrogen-bond acceptors (Lipinski definition) is 6. The third-order valence-corrected chi connectivity index (χ3v) is 4.45. The molecule has 0 spiro atoms. The molecule has 1 aliphatic rings. The second-order valence-electron chi connectivity index (χ2n) is 4.86. The van der Waals surface area contributed by atoms with Crippen LogP contribution in [0.25, 0.3) is 0 Å². The van der Waals surface area contributed by atoms with Gasteiger partial charge >= 0.3 is 6.09 Å². The summed E-state index contributed by atoms with van der Waals surface area (Å²) >= 11 is 1.18. The van der Waals surface area contributed by atoms with Gasteiger partial charge in [0.1, 0.15) is 12.9 Å². The molecule has 6 nitrogen and oxygen atoms in total. The average molecular weight is 318 g/mol. The van der Waals surface area contributed by atoms with E-state index in [4.69, 9.17) is 9.26 Å². The Bertz CT molecular complexity index is 645. The molecular weight excluding hydrogens is 304 g/mol. The van der Waals surface area contributed by atoms with Crippen LogP contribution < -0.4 is 5.32 Å². The Morgan fingerprint density at radius 3 is 2.82 bits per heavy atom. The molecule has 1 fully saturated rings. The van der Waals surface area contributed by atoms with E-state index in [-0.39, 0.29) is 16.4 Å². The number of carbonyl (C=O) groups excluding carboxylic acids is 2. The van der Waals surface area contributed by atoms with Crippen LogP contribution >= 0.6 is 11.8 Å². The summed E-state index contributed by atoms with van der Waals surface area (Å²) < 4.78 is 9.76. The molecule has 0 aliphatic carbocycles. The van der Waals surface area contributed by atoms with Crippen molar-refractivity contribution in [2.24, 2.45) is 0 Å². The van der Waals surface area contributed by atoms with Gasteiger partial charge < -0.3 is 14.6 Å². The minimum Gasteiger partial charge on any atom is -0.447 e. The van der Waals surface area contributed by atoms with E-state index in [9.17, 15) is 9.59 Å². The van der Waals surface area contributed by atoms with Gasteiger partial charge in [-0.05, 0) is 6.42 Å². The first-order valence-corrected chi connectivity index (χ1v) is 7.70. The second kappa shape index (κ2) is 6.65.